The van der Waals surface area contributed by atoms with Crippen molar-refractivity contribution in [1.29, 1.82) is 0 Å². The number of ether oxygens (including phenoxy) is 1. The minimum atomic E-state index is -0.645. The predicted octanol–water partition coefficient (Wildman–Crippen LogP) is 4.70. The molecule has 0 unspecified atom stereocenters. The summed E-state index contributed by atoms with van der Waals surface area (Å²) in [4.78, 5) is 27.0. The Hall–Kier alpha value is -2.11. The fourth-order valence-corrected chi connectivity index (χ4v) is 4.37. The normalized spacial score (nSPS) is 18.0. The van der Waals surface area contributed by atoms with Crippen LogP contribution >= 0.6 is 23.2 Å². The molecule has 0 N–H and O–H groups in total. The number of fused-ring (bicyclic) bond motifs is 1. The van der Waals surface area contributed by atoms with Crippen molar-refractivity contribution < 1.29 is 18.7 Å². The number of carbonyl (C=O) groups is 2. The quantitative estimate of drug-likeness (QED) is 0.705. The van der Waals surface area contributed by atoms with Crippen molar-refractivity contribution in [1.82, 2.24) is 4.90 Å². The van der Waals surface area contributed by atoms with E-state index in [9.17, 15) is 14.0 Å². The molecule has 0 radical (unpaired) electrons. The number of benzene rings is 2. The number of nitrogens with zero attached hydrogens (tertiary/aromatic N) is 1. The van der Waals surface area contributed by atoms with Crippen LogP contribution in [0, 0.1) is 5.82 Å². The van der Waals surface area contributed by atoms with Crippen LogP contribution in [0.2, 0.25) is 10.0 Å². The lowest BCUT2D eigenvalue weighted by atomic mass is 9.82. The number of piperidine rings is 1. The molecule has 1 spiro atoms. The van der Waals surface area contributed by atoms with E-state index in [1.807, 2.05) is 0 Å². The smallest absolute Gasteiger partial charge is 0.226 e. The number of amides is 1. The molecule has 0 atom stereocenters. The number of hydrogen-bond donors (Lipinski definition) is 0. The third-order valence-electron chi connectivity index (χ3n) is 5.41. The van der Waals surface area contributed by atoms with Gasteiger partial charge in [0.05, 0.1) is 23.4 Å². The summed E-state index contributed by atoms with van der Waals surface area (Å²) in [6, 6.07) is 9.08. The highest BCUT2D eigenvalue weighted by molar-refractivity contribution is 6.36. The second-order valence-electron chi connectivity index (χ2n) is 7.33. The fourth-order valence-electron chi connectivity index (χ4n) is 3.84. The first-order valence-corrected chi connectivity index (χ1v) is 9.84. The van der Waals surface area contributed by atoms with Crippen molar-refractivity contribution in [3.63, 3.8) is 0 Å². The molecule has 0 aromatic heterocycles. The molecule has 2 aromatic carbocycles. The Labute approximate surface area is 172 Å². The van der Waals surface area contributed by atoms with Crippen LogP contribution < -0.4 is 4.74 Å². The molecule has 1 saturated heterocycles. The highest BCUT2D eigenvalue weighted by Gasteiger charge is 2.44. The second-order valence-corrected chi connectivity index (χ2v) is 8.18. The molecule has 2 aromatic rings. The van der Waals surface area contributed by atoms with Crippen LogP contribution in [-0.4, -0.2) is 35.3 Å². The number of Topliss-reactive ketones (excluding diaryl/α,β-unsaturated/α-hetero) is 1. The van der Waals surface area contributed by atoms with Gasteiger partial charge in [0.2, 0.25) is 5.91 Å². The van der Waals surface area contributed by atoms with Gasteiger partial charge in [-0.1, -0.05) is 35.3 Å². The Morgan fingerprint density at radius 2 is 1.82 bits per heavy atom. The van der Waals surface area contributed by atoms with Gasteiger partial charge in [-0.25, -0.2) is 4.39 Å². The number of ketones is 1. The summed E-state index contributed by atoms with van der Waals surface area (Å²) in [7, 11) is 0. The van der Waals surface area contributed by atoms with Crippen molar-refractivity contribution in [3.8, 4) is 5.75 Å². The van der Waals surface area contributed by atoms with Crippen molar-refractivity contribution in [3.05, 3.63) is 63.4 Å². The van der Waals surface area contributed by atoms with Crippen molar-refractivity contribution in [2.24, 2.45) is 0 Å². The van der Waals surface area contributed by atoms with Crippen LogP contribution in [0.25, 0.3) is 0 Å². The first-order chi connectivity index (χ1) is 13.3. The summed E-state index contributed by atoms with van der Waals surface area (Å²) in [5.74, 6) is -0.00518. The Bertz CT molecular complexity index is 937. The van der Waals surface area contributed by atoms with E-state index < -0.39 is 5.60 Å². The molecule has 0 bridgehead atoms. The van der Waals surface area contributed by atoms with Crippen LogP contribution in [0.5, 0.6) is 5.75 Å². The monoisotopic (exact) mass is 421 g/mol. The maximum absolute atomic E-state index is 13.0. The first kappa shape index (κ1) is 19.2. The minimum Gasteiger partial charge on any atom is -0.484 e. The zero-order chi connectivity index (χ0) is 19.9. The van der Waals surface area contributed by atoms with Gasteiger partial charge < -0.3 is 9.64 Å². The van der Waals surface area contributed by atoms with Gasteiger partial charge in [0.15, 0.2) is 5.78 Å². The van der Waals surface area contributed by atoms with Gasteiger partial charge in [-0.2, -0.15) is 0 Å². The maximum atomic E-state index is 13.0. The van der Waals surface area contributed by atoms with Gasteiger partial charge in [-0.3, -0.25) is 9.59 Å². The SMILES string of the molecule is O=C1CC2(CCN(C(=O)Cc3ccc(F)cc3)CC2)Oc2c(Cl)cc(Cl)cc21. The lowest BCUT2D eigenvalue weighted by Gasteiger charge is -2.44. The third-order valence-corrected chi connectivity index (χ3v) is 5.91. The summed E-state index contributed by atoms with van der Waals surface area (Å²) >= 11 is 12.2. The number of rotatable bonds is 2. The van der Waals surface area contributed by atoms with Gasteiger partial charge in [0.25, 0.3) is 0 Å². The van der Waals surface area contributed by atoms with E-state index in [0.717, 1.165) is 5.56 Å². The first-order valence-electron chi connectivity index (χ1n) is 9.09. The number of hydrogen-bond acceptors (Lipinski definition) is 3. The van der Waals surface area contributed by atoms with Crippen molar-refractivity contribution in [2.75, 3.05) is 13.1 Å². The Morgan fingerprint density at radius 3 is 2.50 bits per heavy atom. The Morgan fingerprint density at radius 1 is 1.14 bits per heavy atom. The molecule has 4 rings (SSSR count). The molecule has 2 aliphatic heterocycles. The molecule has 1 fully saturated rings. The van der Waals surface area contributed by atoms with Crippen molar-refractivity contribution in [2.45, 2.75) is 31.3 Å². The third kappa shape index (κ3) is 3.74. The Balaban J connectivity index is 1.44. The molecule has 4 nitrogen and oxygen atoms in total. The summed E-state index contributed by atoms with van der Waals surface area (Å²) in [6.07, 6.45) is 1.56. The zero-order valence-electron chi connectivity index (χ0n) is 15.0. The van der Waals surface area contributed by atoms with E-state index in [-0.39, 0.29) is 30.3 Å². The van der Waals surface area contributed by atoms with Crippen LogP contribution in [0.15, 0.2) is 36.4 Å². The number of likely N-dealkylation sites (tertiary alicyclic amines) is 1. The van der Waals surface area contributed by atoms with E-state index in [0.29, 0.717) is 47.3 Å². The summed E-state index contributed by atoms with van der Waals surface area (Å²) in [6.45, 7) is 0.988. The average Bonchev–Trinajstić information content (AvgIpc) is 2.65. The zero-order valence-corrected chi connectivity index (χ0v) is 16.5. The molecule has 146 valence electrons. The van der Waals surface area contributed by atoms with Crippen LogP contribution in [-0.2, 0) is 11.2 Å². The highest BCUT2D eigenvalue weighted by atomic mass is 35.5. The molecule has 28 heavy (non-hydrogen) atoms. The average molecular weight is 422 g/mol. The van der Waals surface area contributed by atoms with Gasteiger partial charge in [-0.15, -0.1) is 0 Å². The predicted molar refractivity (Wildman–Crippen MR) is 105 cm³/mol. The summed E-state index contributed by atoms with van der Waals surface area (Å²) in [5, 5.41) is 0.725. The van der Waals surface area contributed by atoms with Crippen molar-refractivity contribution >= 4 is 34.9 Å². The molecule has 2 aliphatic rings. The van der Waals surface area contributed by atoms with Gasteiger partial charge in [-0.05, 0) is 29.8 Å². The summed E-state index contributed by atoms with van der Waals surface area (Å²) < 4.78 is 19.2. The molecular weight excluding hydrogens is 404 g/mol. The van der Waals surface area contributed by atoms with E-state index in [4.69, 9.17) is 27.9 Å². The fraction of sp³-hybridized carbons (Fsp3) is 0.333. The molecule has 1 amide bonds. The van der Waals surface area contributed by atoms with E-state index in [2.05, 4.69) is 0 Å². The van der Waals surface area contributed by atoms with E-state index in [1.54, 1.807) is 29.2 Å². The van der Waals surface area contributed by atoms with Crippen LogP contribution in [0.4, 0.5) is 4.39 Å². The van der Waals surface area contributed by atoms with E-state index in [1.165, 1.54) is 12.1 Å². The lowest BCUT2D eigenvalue weighted by Crippen LogP contribution is -2.52. The van der Waals surface area contributed by atoms with Crippen LogP contribution in [0.1, 0.15) is 35.2 Å². The molecule has 7 heteroatoms. The Kier molecular flexibility index (Phi) is 5.06. The topological polar surface area (TPSA) is 46.6 Å². The number of halogens is 3. The highest BCUT2D eigenvalue weighted by Crippen LogP contribution is 2.44. The van der Waals surface area contributed by atoms with Gasteiger partial charge in [0.1, 0.15) is 17.2 Å². The van der Waals surface area contributed by atoms with Crippen LogP contribution in [0.3, 0.4) is 0 Å². The van der Waals surface area contributed by atoms with Gasteiger partial charge >= 0.3 is 0 Å². The summed E-state index contributed by atoms with van der Waals surface area (Å²) in [5.41, 5.74) is 0.542. The standard InChI is InChI=1S/C21H18Cl2FNO3/c22-14-10-16-18(26)12-21(28-20(16)17(23)11-14)5-7-25(8-6-21)19(27)9-13-1-3-15(24)4-2-13/h1-4,10-11H,5-9,12H2. The minimum absolute atomic E-state index is 0.0196. The van der Waals surface area contributed by atoms with Gasteiger partial charge in [0, 0.05) is 31.0 Å². The maximum Gasteiger partial charge on any atom is 0.226 e. The second kappa shape index (κ2) is 7.37. The largest absolute Gasteiger partial charge is 0.484 e. The molecular formula is C21H18Cl2FNO3. The lowest BCUT2D eigenvalue weighted by molar-refractivity contribution is -0.134. The molecule has 2 heterocycles. The van der Waals surface area contributed by atoms with E-state index >= 15 is 0 Å². The molecule has 0 saturated carbocycles. The number of carbonyl (C=O) groups excluding carboxylic acids is 2. The molecule has 0 aliphatic carbocycles.